The highest BCUT2D eigenvalue weighted by Crippen LogP contribution is 2.54. The second-order valence-corrected chi connectivity index (χ2v) is 15.6. The van der Waals surface area contributed by atoms with E-state index in [1.54, 1.807) is 0 Å². The lowest BCUT2D eigenvalue weighted by molar-refractivity contribution is 0.660. The van der Waals surface area contributed by atoms with E-state index in [0.717, 1.165) is 82.8 Å². The number of anilines is 3. The maximum absolute atomic E-state index is 6.74. The molecule has 11 aromatic rings. The zero-order valence-electron chi connectivity index (χ0n) is 31.0. The minimum Gasteiger partial charge on any atom is -0.455 e. The molecule has 0 atom stereocenters. The summed E-state index contributed by atoms with van der Waals surface area (Å²) in [6.45, 7) is 4.68. The van der Waals surface area contributed by atoms with Crippen LogP contribution in [0.4, 0.5) is 17.1 Å². The Hall–Kier alpha value is -7.10. The van der Waals surface area contributed by atoms with Crippen molar-refractivity contribution < 1.29 is 8.83 Å². The van der Waals surface area contributed by atoms with Gasteiger partial charge in [0.25, 0.3) is 0 Å². The number of rotatable bonds is 4. The number of hydrogen-bond donors (Lipinski definition) is 0. The highest BCUT2D eigenvalue weighted by Gasteiger charge is 2.37. The van der Waals surface area contributed by atoms with Crippen LogP contribution in [0.15, 0.2) is 185 Å². The lowest BCUT2D eigenvalue weighted by Crippen LogP contribution is -2.16. The van der Waals surface area contributed by atoms with E-state index in [2.05, 4.69) is 195 Å². The van der Waals surface area contributed by atoms with Crippen LogP contribution in [-0.4, -0.2) is 0 Å². The molecule has 2 aromatic heterocycles. The van der Waals surface area contributed by atoms with Gasteiger partial charge in [-0.1, -0.05) is 141 Å². The molecule has 9 aromatic carbocycles. The number of para-hydroxylation sites is 1. The Balaban J connectivity index is 1.05. The monoisotopic (exact) mass is 717 g/mol. The Kier molecular flexibility index (Phi) is 6.40. The van der Waals surface area contributed by atoms with Gasteiger partial charge in [-0.25, -0.2) is 0 Å². The van der Waals surface area contributed by atoms with Gasteiger partial charge in [-0.3, -0.25) is 0 Å². The Morgan fingerprint density at radius 1 is 0.411 bits per heavy atom. The molecule has 0 spiro atoms. The molecular weight excluding hydrogens is 683 g/mol. The Morgan fingerprint density at radius 2 is 0.982 bits per heavy atom. The van der Waals surface area contributed by atoms with E-state index in [9.17, 15) is 0 Å². The smallest absolute Gasteiger partial charge is 0.143 e. The average molecular weight is 718 g/mol. The van der Waals surface area contributed by atoms with Crippen LogP contribution in [0.3, 0.4) is 0 Å². The van der Waals surface area contributed by atoms with Crippen LogP contribution in [0.25, 0.3) is 87.7 Å². The molecule has 0 saturated heterocycles. The van der Waals surface area contributed by atoms with Gasteiger partial charge in [0.15, 0.2) is 0 Å². The van der Waals surface area contributed by atoms with Crippen molar-refractivity contribution in [1.29, 1.82) is 0 Å². The average Bonchev–Trinajstić information content (AvgIpc) is 3.89. The topological polar surface area (TPSA) is 29.5 Å². The summed E-state index contributed by atoms with van der Waals surface area (Å²) in [7, 11) is 0. The van der Waals surface area contributed by atoms with Gasteiger partial charge in [0.2, 0.25) is 0 Å². The van der Waals surface area contributed by atoms with Crippen molar-refractivity contribution in [2.24, 2.45) is 0 Å². The molecule has 0 N–H and O–H groups in total. The van der Waals surface area contributed by atoms with Crippen LogP contribution in [0.1, 0.15) is 25.0 Å². The fraction of sp³-hybridized carbons (Fsp3) is 0.0566. The molecule has 0 aliphatic heterocycles. The molecule has 3 nitrogen and oxygen atoms in total. The lowest BCUT2D eigenvalue weighted by Gasteiger charge is -2.29. The largest absolute Gasteiger partial charge is 0.455 e. The fourth-order valence-electron chi connectivity index (χ4n) is 9.52. The molecule has 0 saturated carbocycles. The molecular formula is C53H35NO2. The van der Waals surface area contributed by atoms with Gasteiger partial charge in [0, 0.05) is 66.3 Å². The summed E-state index contributed by atoms with van der Waals surface area (Å²) in [5, 5.41) is 9.12. The Labute approximate surface area is 323 Å². The minimum absolute atomic E-state index is 0.127. The first-order valence-corrected chi connectivity index (χ1v) is 19.3. The zero-order valence-corrected chi connectivity index (χ0v) is 31.0. The summed E-state index contributed by atoms with van der Waals surface area (Å²) in [6, 6.07) is 63.4. The highest BCUT2D eigenvalue weighted by molar-refractivity contribution is 6.18. The predicted octanol–water partition coefficient (Wildman–Crippen LogP) is 15.2. The van der Waals surface area contributed by atoms with Gasteiger partial charge < -0.3 is 13.7 Å². The van der Waals surface area contributed by atoms with E-state index in [4.69, 9.17) is 8.83 Å². The molecule has 0 fully saturated rings. The minimum atomic E-state index is -0.127. The van der Waals surface area contributed by atoms with E-state index in [1.807, 2.05) is 0 Å². The van der Waals surface area contributed by atoms with E-state index < -0.39 is 0 Å². The van der Waals surface area contributed by atoms with Crippen molar-refractivity contribution in [3.63, 3.8) is 0 Å². The summed E-state index contributed by atoms with van der Waals surface area (Å²) in [5.41, 5.74) is 14.2. The van der Waals surface area contributed by atoms with E-state index in [0.29, 0.717) is 0 Å². The van der Waals surface area contributed by atoms with Crippen molar-refractivity contribution in [2.45, 2.75) is 19.3 Å². The van der Waals surface area contributed by atoms with Gasteiger partial charge in [0.05, 0.1) is 5.69 Å². The third-order valence-electron chi connectivity index (χ3n) is 12.3. The molecule has 56 heavy (non-hydrogen) atoms. The van der Waals surface area contributed by atoms with Crippen LogP contribution in [0.2, 0.25) is 0 Å². The molecule has 264 valence electrons. The second-order valence-electron chi connectivity index (χ2n) is 15.6. The zero-order chi connectivity index (χ0) is 37.1. The number of hydrogen-bond acceptors (Lipinski definition) is 3. The number of furan rings is 2. The van der Waals surface area contributed by atoms with Gasteiger partial charge in [0.1, 0.15) is 22.3 Å². The van der Waals surface area contributed by atoms with Crippen molar-refractivity contribution in [2.75, 3.05) is 4.90 Å². The van der Waals surface area contributed by atoms with E-state index in [-0.39, 0.29) is 5.41 Å². The molecule has 2 heterocycles. The van der Waals surface area contributed by atoms with Gasteiger partial charge in [-0.05, 0) is 75.5 Å². The first-order valence-electron chi connectivity index (χ1n) is 19.3. The highest BCUT2D eigenvalue weighted by atomic mass is 16.3. The molecule has 3 heteroatoms. The summed E-state index contributed by atoms with van der Waals surface area (Å²) in [6.07, 6.45) is 0. The molecule has 0 amide bonds. The number of nitrogens with zero attached hydrogens (tertiary/aromatic N) is 1. The number of benzene rings is 9. The SMILES string of the molecule is CC1(C)c2ccccc2-c2c(N(c3ccc(-c4cccc5c4oc4c6ccccc6ccc54)cc3)c3ccc4c(c3)oc3c5ccccc5ccc43)cccc21. The molecule has 1 aliphatic rings. The fourth-order valence-corrected chi connectivity index (χ4v) is 9.52. The van der Waals surface area contributed by atoms with Crippen molar-refractivity contribution in [1.82, 2.24) is 0 Å². The first-order chi connectivity index (χ1) is 27.5. The van der Waals surface area contributed by atoms with E-state index >= 15 is 0 Å². The van der Waals surface area contributed by atoms with Crippen LogP contribution >= 0.6 is 0 Å². The van der Waals surface area contributed by atoms with Gasteiger partial charge >= 0.3 is 0 Å². The molecule has 0 radical (unpaired) electrons. The summed E-state index contributed by atoms with van der Waals surface area (Å²) in [5.74, 6) is 0. The van der Waals surface area contributed by atoms with Gasteiger partial charge in [-0.15, -0.1) is 0 Å². The van der Waals surface area contributed by atoms with Crippen LogP contribution in [0, 0.1) is 0 Å². The van der Waals surface area contributed by atoms with Crippen molar-refractivity contribution >= 4 is 82.5 Å². The maximum Gasteiger partial charge on any atom is 0.143 e. The summed E-state index contributed by atoms with van der Waals surface area (Å²) >= 11 is 0. The summed E-state index contributed by atoms with van der Waals surface area (Å²) < 4.78 is 13.5. The first kappa shape index (κ1) is 31.3. The summed E-state index contributed by atoms with van der Waals surface area (Å²) in [4.78, 5) is 2.40. The van der Waals surface area contributed by atoms with Crippen LogP contribution in [-0.2, 0) is 5.41 Å². The normalized spacial score (nSPS) is 13.3. The van der Waals surface area contributed by atoms with Crippen molar-refractivity contribution in [3.05, 3.63) is 187 Å². The van der Waals surface area contributed by atoms with E-state index in [1.165, 1.54) is 33.0 Å². The Morgan fingerprint density at radius 3 is 1.77 bits per heavy atom. The molecule has 0 bridgehead atoms. The predicted molar refractivity (Wildman–Crippen MR) is 234 cm³/mol. The maximum atomic E-state index is 6.74. The Bertz CT molecular complexity index is 3400. The number of fused-ring (bicyclic) bond motifs is 13. The van der Waals surface area contributed by atoms with Gasteiger partial charge in [-0.2, -0.15) is 0 Å². The van der Waals surface area contributed by atoms with Crippen molar-refractivity contribution in [3.8, 4) is 22.3 Å². The second kappa shape index (κ2) is 11.5. The molecule has 12 rings (SSSR count). The molecule has 0 unspecified atom stereocenters. The van der Waals surface area contributed by atoms with Crippen LogP contribution in [0.5, 0.6) is 0 Å². The molecule has 1 aliphatic carbocycles. The third-order valence-corrected chi connectivity index (χ3v) is 12.3. The standard InChI is InChI=1S/C53H35NO2/c1-53(2)45-18-8-7-15-44(45)49-46(53)19-10-20-47(49)54(36-27-30-40-42-28-23-32-11-3-5-13-37(32)50(42)55-48(40)31-36)35-25-21-34(22-26-35)39-16-9-17-41-43-29-24-33-12-4-6-14-38(33)52(43)56-51(39)41/h3-31H,1-2H3. The third kappa shape index (κ3) is 4.34. The quantitative estimate of drug-likeness (QED) is 0.182. The van der Waals surface area contributed by atoms with Crippen LogP contribution < -0.4 is 4.90 Å². The lowest BCUT2D eigenvalue weighted by atomic mass is 9.82.